The van der Waals surface area contributed by atoms with E-state index >= 15 is 0 Å². The van der Waals surface area contributed by atoms with Crippen LogP contribution in [-0.2, 0) is 14.8 Å². The molecular formula is C18H19NO6S. The van der Waals surface area contributed by atoms with Crippen molar-refractivity contribution >= 4 is 16.0 Å². The molecule has 7 nitrogen and oxygen atoms in total. The van der Waals surface area contributed by atoms with Gasteiger partial charge in [-0.3, -0.25) is 0 Å². The van der Waals surface area contributed by atoms with Crippen LogP contribution in [0.2, 0.25) is 0 Å². The third-order valence-corrected chi connectivity index (χ3v) is 5.84. The fourth-order valence-electron chi connectivity index (χ4n) is 2.53. The molecule has 0 atom stereocenters. The van der Waals surface area contributed by atoms with E-state index in [9.17, 15) is 13.2 Å². The lowest BCUT2D eigenvalue weighted by Gasteiger charge is -2.26. The van der Waals surface area contributed by atoms with Gasteiger partial charge in [-0.25, -0.2) is 13.2 Å². The fourth-order valence-corrected chi connectivity index (χ4v) is 3.98. The number of esters is 1. The van der Waals surface area contributed by atoms with Gasteiger partial charge in [0.15, 0.2) is 0 Å². The van der Waals surface area contributed by atoms with E-state index in [2.05, 4.69) is 0 Å². The highest BCUT2D eigenvalue weighted by Gasteiger charge is 2.27. The molecule has 0 bridgehead atoms. The van der Waals surface area contributed by atoms with Crippen LogP contribution in [0, 0.1) is 0 Å². The van der Waals surface area contributed by atoms with E-state index in [0.717, 1.165) is 0 Å². The summed E-state index contributed by atoms with van der Waals surface area (Å²) in [7, 11) is -2.13. The Balaban J connectivity index is 1.78. The van der Waals surface area contributed by atoms with E-state index in [4.69, 9.17) is 14.2 Å². The molecule has 1 fully saturated rings. The van der Waals surface area contributed by atoms with Crippen molar-refractivity contribution in [2.75, 3.05) is 33.4 Å². The van der Waals surface area contributed by atoms with Crippen LogP contribution >= 0.6 is 0 Å². The topological polar surface area (TPSA) is 82.1 Å². The highest BCUT2D eigenvalue weighted by molar-refractivity contribution is 7.89. The van der Waals surface area contributed by atoms with Crippen molar-refractivity contribution in [3.05, 3.63) is 54.1 Å². The molecule has 0 radical (unpaired) electrons. The standard InChI is InChI=1S/C18H19NO6S/c1-23-15-5-7-16(8-6-15)25-18(20)14-3-2-4-17(13-14)26(21,22)19-9-11-24-12-10-19/h2-8,13H,9-12H2,1H3. The van der Waals surface area contributed by atoms with Gasteiger partial charge in [0.25, 0.3) is 0 Å². The Kier molecular flexibility index (Phi) is 5.55. The molecule has 2 aromatic rings. The highest BCUT2D eigenvalue weighted by atomic mass is 32.2. The number of benzene rings is 2. The summed E-state index contributed by atoms with van der Waals surface area (Å²) in [6.45, 7) is 1.31. The van der Waals surface area contributed by atoms with E-state index in [0.29, 0.717) is 37.8 Å². The van der Waals surface area contributed by atoms with Gasteiger partial charge in [0.1, 0.15) is 11.5 Å². The third kappa shape index (κ3) is 4.04. The van der Waals surface area contributed by atoms with Gasteiger partial charge in [0.2, 0.25) is 10.0 Å². The summed E-state index contributed by atoms with van der Waals surface area (Å²) < 4.78 is 42.3. The minimum atomic E-state index is -3.67. The van der Waals surface area contributed by atoms with Gasteiger partial charge in [-0.15, -0.1) is 0 Å². The molecule has 0 aromatic heterocycles. The Bertz CT molecular complexity index is 873. The number of ether oxygens (including phenoxy) is 3. The molecule has 3 rings (SSSR count). The van der Waals surface area contributed by atoms with Gasteiger partial charge >= 0.3 is 5.97 Å². The average molecular weight is 377 g/mol. The normalized spacial score (nSPS) is 15.4. The summed E-state index contributed by atoms with van der Waals surface area (Å²) in [5.41, 5.74) is 0.162. The number of methoxy groups -OCH3 is 1. The lowest BCUT2D eigenvalue weighted by Crippen LogP contribution is -2.40. The van der Waals surface area contributed by atoms with Gasteiger partial charge < -0.3 is 14.2 Å². The molecule has 1 aliphatic rings. The number of sulfonamides is 1. The maximum Gasteiger partial charge on any atom is 0.343 e. The quantitative estimate of drug-likeness (QED) is 0.585. The summed E-state index contributed by atoms with van der Waals surface area (Å²) in [6.07, 6.45) is 0. The number of carbonyl (C=O) groups is 1. The van der Waals surface area contributed by atoms with E-state index in [1.807, 2.05) is 0 Å². The van der Waals surface area contributed by atoms with Crippen LogP contribution in [0.1, 0.15) is 10.4 Å². The minimum Gasteiger partial charge on any atom is -0.497 e. The van der Waals surface area contributed by atoms with E-state index in [-0.39, 0.29) is 10.5 Å². The zero-order valence-corrected chi connectivity index (χ0v) is 15.1. The molecule has 0 aliphatic carbocycles. The molecule has 138 valence electrons. The highest BCUT2D eigenvalue weighted by Crippen LogP contribution is 2.21. The Hall–Kier alpha value is -2.42. The Morgan fingerprint density at radius 1 is 1.04 bits per heavy atom. The first-order valence-electron chi connectivity index (χ1n) is 8.05. The van der Waals surface area contributed by atoms with Gasteiger partial charge in [0, 0.05) is 13.1 Å². The second-order valence-electron chi connectivity index (χ2n) is 5.61. The van der Waals surface area contributed by atoms with Gasteiger partial charge in [-0.05, 0) is 42.5 Å². The third-order valence-electron chi connectivity index (χ3n) is 3.95. The number of morpholine rings is 1. The van der Waals surface area contributed by atoms with E-state index in [1.165, 1.54) is 28.6 Å². The van der Waals surface area contributed by atoms with E-state index < -0.39 is 16.0 Å². The van der Waals surface area contributed by atoms with Crippen LogP contribution in [0.3, 0.4) is 0 Å². The maximum atomic E-state index is 12.7. The summed E-state index contributed by atoms with van der Waals surface area (Å²) in [5, 5.41) is 0. The molecule has 0 saturated carbocycles. The number of rotatable bonds is 5. The van der Waals surface area contributed by atoms with Gasteiger partial charge in [-0.1, -0.05) is 6.07 Å². The molecule has 0 amide bonds. The van der Waals surface area contributed by atoms with Crippen molar-refractivity contribution in [3.8, 4) is 11.5 Å². The predicted octanol–water partition coefficient (Wildman–Crippen LogP) is 1.94. The number of hydrogen-bond donors (Lipinski definition) is 0. The maximum absolute atomic E-state index is 12.7. The van der Waals surface area contributed by atoms with Crippen molar-refractivity contribution in [2.45, 2.75) is 4.90 Å². The van der Waals surface area contributed by atoms with Crippen molar-refractivity contribution in [1.29, 1.82) is 0 Å². The molecule has 1 heterocycles. The molecule has 1 saturated heterocycles. The SMILES string of the molecule is COc1ccc(OC(=O)c2cccc(S(=O)(=O)N3CCOCC3)c2)cc1. The molecule has 8 heteroatoms. The van der Waals surface area contributed by atoms with Crippen LogP contribution in [-0.4, -0.2) is 52.1 Å². The lowest BCUT2D eigenvalue weighted by atomic mass is 10.2. The first kappa shape index (κ1) is 18.4. The van der Waals surface area contributed by atoms with Crippen molar-refractivity contribution in [1.82, 2.24) is 4.31 Å². The zero-order valence-electron chi connectivity index (χ0n) is 14.3. The average Bonchev–Trinajstić information content (AvgIpc) is 2.69. The minimum absolute atomic E-state index is 0.0589. The van der Waals surface area contributed by atoms with Crippen LogP contribution < -0.4 is 9.47 Å². The Morgan fingerprint density at radius 2 is 1.69 bits per heavy atom. The van der Waals surface area contributed by atoms with Crippen LogP contribution in [0.15, 0.2) is 53.4 Å². The fraction of sp³-hybridized carbons (Fsp3) is 0.278. The molecule has 0 N–H and O–H groups in total. The molecule has 0 spiro atoms. The summed E-state index contributed by atoms with van der Waals surface area (Å²) in [4.78, 5) is 12.4. The van der Waals surface area contributed by atoms with Crippen LogP contribution in [0.25, 0.3) is 0 Å². The van der Waals surface area contributed by atoms with Crippen molar-refractivity contribution in [2.24, 2.45) is 0 Å². The smallest absolute Gasteiger partial charge is 0.343 e. The molecule has 1 aliphatic heterocycles. The van der Waals surface area contributed by atoms with Crippen LogP contribution in [0.4, 0.5) is 0 Å². The second-order valence-corrected chi connectivity index (χ2v) is 7.55. The van der Waals surface area contributed by atoms with Gasteiger partial charge in [0.05, 0.1) is 30.8 Å². The zero-order chi connectivity index (χ0) is 18.6. The monoisotopic (exact) mass is 377 g/mol. The summed E-state index contributed by atoms with van der Waals surface area (Å²) >= 11 is 0. The summed E-state index contributed by atoms with van der Waals surface area (Å²) in [5.74, 6) is 0.356. The molecule has 0 unspecified atom stereocenters. The number of carbonyl (C=O) groups excluding carboxylic acids is 1. The van der Waals surface area contributed by atoms with Crippen molar-refractivity contribution < 1.29 is 27.4 Å². The van der Waals surface area contributed by atoms with E-state index in [1.54, 1.807) is 31.4 Å². The largest absolute Gasteiger partial charge is 0.497 e. The molecule has 26 heavy (non-hydrogen) atoms. The molecule has 2 aromatic carbocycles. The Labute approximate surface area is 152 Å². The number of nitrogens with zero attached hydrogens (tertiary/aromatic N) is 1. The van der Waals surface area contributed by atoms with Crippen molar-refractivity contribution in [3.63, 3.8) is 0 Å². The lowest BCUT2D eigenvalue weighted by molar-refractivity contribution is 0.0727. The summed E-state index contributed by atoms with van der Waals surface area (Å²) in [6, 6.07) is 12.4. The predicted molar refractivity (Wildman–Crippen MR) is 94.0 cm³/mol. The van der Waals surface area contributed by atoms with Gasteiger partial charge in [-0.2, -0.15) is 4.31 Å². The Morgan fingerprint density at radius 3 is 2.35 bits per heavy atom. The second kappa shape index (κ2) is 7.86. The first-order valence-corrected chi connectivity index (χ1v) is 9.49. The molecular weight excluding hydrogens is 358 g/mol. The van der Waals surface area contributed by atoms with Crippen LogP contribution in [0.5, 0.6) is 11.5 Å². The number of hydrogen-bond acceptors (Lipinski definition) is 6. The first-order chi connectivity index (χ1) is 12.5.